The van der Waals surface area contributed by atoms with Crippen molar-refractivity contribution in [3.05, 3.63) is 29.3 Å². The Hall–Kier alpha value is -2.30. The van der Waals surface area contributed by atoms with E-state index in [4.69, 9.17) is 16.9 Å². The highest BCUT2D eigenvalue weighted by Gasteiger charge is 2.29. The highest BCUT2D eigenvalue weighted by Crippen LogP contribution is 2.18. The molecule has 8 heteroatoms. The molecule has 1 unspecified atom stereocenters. The number of rotatable bonds is 4. The van der Waals surface area contributed by atoms with Crippen LogP contribution in [0.4, 0.5) is 10.5 Å². The molecule has 27 heavy (non-hydrogen) atoms. The Morgan fingerprint density at radius 2 is 1.85 bits per heavy atom. The summed E-state index contributed by atoms with van der Waals surface area (Å²) in [6, 6.07) is 9.01. The molecule has 2 saturated heterocycles. The highest BCUT2D eigenvalue weighted by molar-refractivity contribution is 6.30. The van der Waals surface area contributed by atoms with E-state index >= 15 is 0 Å². The van der Waals surface area contributed by atoms with Crippen LogP contribution >= 0.6 is 11.6 Å². The minimum absolute atomic E-state index is 0.0121. The molecular weight excluding hydrogens is 366 g/mol. The molecule has 3 amide bonds. The predicted molar refractivity (Wildman–Crippen MR) is 103 cm³/mol. The number of hydrogen-bond acceptors (Lipinski definition) is 4. The Bertz CT molecular complexity index is 710. The van der Waals surface area contributed by atoms with Crippen molar-refractivity contribution in [3.8, 4) is 6.07 Å². The van der Waals surface area contributed by atoms with Crippen LogP contribution in [0, 0.1) is 11.3 Å². The number of nitrogens with zero attached hydrogens (tertiary/aromatic N) is 3. The summed E-state index contributed by atoms with van der Waals surface area (Å²) in [6.45, 7) is 2.19. The number of nitrogens with one attached hydrogen (secondary N) is 2. The average Bonchev–Trinajstić information content (AvgIpc) is 3.17. The van der Waals surface area contributed by atoms with Crippen LogP contribution in [0.2, 0.25) is 5.02 Å². The number of carbonyl (C=O) groups is 2. The number of carbonyl (C=O) groups excluding carboxylic acids is 2. The van der Waals surface area contributed by atoms with Gasteiger partial charge in [-0.1, -0.05) is 11.6 Å². The molecule has 3 rings (SSSR count). The highest BCUT2D eigenvalue weighted by atomic mass is 35.5. The van der Waals surface area contributed by atoms with Crippen LogP contribution in [0.15, 0.2) is 24.3 Å². The topological polar surface area (TPSA) is 88.5 Å². The summed E-state index contributed by atoms with van der Waals surface area (Å²) in [5.74, 6) is -0.0121. The first-order valence-electron chi connectivity index (χ1n) is 9.31. The van der Waals surface area contributed by atoms with Crippen molar-refractivity contribution in [3.63, 3.8) is 0 Å². The number of halogens is 1. The van der Waals surface area contributed by atoms with Gasteiger partial charge in [-0.05, 0) is 49.9 Å². The van der Waals surface area contributed by atoms with Crippen LogP contribution in [0.3, 0.4) is 0 Å². The van der Waals surface area contributed by atoms with Crippen LogP contribution < -0.4 is 10.6 Å². The SMILES string of the molecule is N#CC1CCCN1C(=O)CNC1CCN(C(=O)Nc2ccc(Cl)cc2)CC1. The quantitative estimate of drug-likeness (QED) is 0.827. The standard InChI is InChI=1S/C19H24ClN5O2/c20-14-3-5-16(6-4-14)23-19(27)24-10-7-15(8-11-24)22-13-18(26)25-9-1-2-17(25)12-21/h3-6,15,17,22H,1-2,7-11,13H2,(H,23,27). The number of amides is 3. The van der Waals surface area contributed by atoms with Gasteiger partial charge in [-0.15, -0.1) is 0 Å². The Morgan fingerprint density at radius 3 is 2.52 bits per heavy atom. The van der Waals surface area contributed by atoms with Crippen LogP contribution in [-0.4, -0.2) is 60.0 Å². The number of anilines is 1. The zero-order chi connectivity index (χ0) is 19.2. The lowest BCUT2D eigenvalue weighted by Crippen LogP contribution is -2.49. The molecule has 2 aliphatic heterocycles. The van der Waals surface area contributed by atoms with Crippen molar-refractivity contribution in [2.75, 3.05) is 31.5 Å². The third-order valence-corrected chi connectivity index (χ3v) is 5.39. The lowest BCUT2D eigenvalue weighted by molar-refractivity contribution is -0.130. The molecule has 1 aromatic rings. The smallest absolute Gasteiger partial charge is 0.321 e. The molecule has 0 aliphatic carbocycles. The van der Waals surface area contributed by atoms with Gasteiger partial charge in [0.1, 0.15) is 6.04 Å². The second kappa shape index (κ2) is 9.07. The maximum atomic E-state index is 12.3. The number of nitriles is 1. The minimum atomic E-state index is -0.280. The van der Waals surface area contributed by atoms with Gasteiger partial charge in [0.15, 0.2) is 0 Å². The molecule has 2 fully saturated rings. The van der Waals surface area contributed by atoms with Gasteiger partial charge in [0.05, 0.1) is 12.6 Å². The number of likely N-dealkylation sites (tertiary alicyclic amines) is 2. The second-order valence-electron chi connectivity index (χ2n) is 6.95. The molecule has 0 bridgehead atoms. The Morgan fingerprint density at radius 1 is 1.15 bits per heavy atom. The normalized spacial score (nSPS) is 20.4. The van der Waals surface area contributed by atoms with E-state index in [9.17, 15) is 9.59 Å². The van der Waals surface area contributed by atoms with Gasteiger partial charge in [0.25, 0.3) is 0 Å². The van der Waals surface area contributed by atoms with E-state index < -0.39 is 0 Å². The van der Waals surface area contributed by atoms with Crippen molar-refractivity contribution >= 4 is 29.2 Å². The van der Waals surface area contributed by atoms with E-state index in [1.807, 2.05) is 0 Å². The van der Waals surface area contributed by atoms with E-state index in [-0.39, 0.29) is 30.6 Å². The first-order valence-corrected chi connectivity index (χ1v) is 9.68. The van der Waals surface area contributed by atoms with Crippen LogP contribution in [-0.2, 0) is 4.79 Å². The van der Waals surface area contributed by atoms with Gasteiger partial charge >= 0.3 is 6.03 Å². The number of hydrogen-bond donors (Lipinski definition) is 2. The maximum absolute atomic E-state index is 12.3. The van der Waals surface area contributed by atoms with E-state index in [1.165, 1.54) is 0 Å². The monoisotopic (exact) mass is 389 g/mol. The number of piperidine rings is 1. The van der Waals surface area contributed by atoms with Gasteiger partial charge in [-0.2, -0.15) is 5.26 Å². The summed E-state index contributed by atoms with van der Waals surface area (Å²) in [5.41, 5.74) is 0.716. The zero-order valence-corrected chi connectivity index (χ0v) is 15.9. The third-order valence-electron chi connectivity index (χ3n) is 5.14. The largest absolute Gasteiger partial charge is 0.326 e. The molecule has 0 aromatic heterocycles. The van der Waals surface area contributed by atoms with Crippen LogP contribution in [0.25, 0.3) is 0 Å². The molecular formula is C19H24ClN5O2. The molecule has 0 radical (unpaired) electrons. The van der Waals surface area contributed by atoms with Gasteiger partial charge in [-0.25, -0.2) is 4.79 Å². The van der Waals surface area contributed by atoms with Crippen molar-refractivity contribution in [1.29, 1.82) is 5.26 Å². The van der Waals surface area contributed by atoms with Gasteiger partial charge in [-0.3, -0.25) is 4.79 Å². The van der Waals surface area contributed by atoms with Crippen LogP contribution in [0.1, 0.15) is 25.7 Å². The minimum Gasteiger partial charge on any atom is -0.326 e. The van der Waals surface area contributed by atoms with Crippen molar-refractivity contribution in [2.45, 2.75) is 37.8 Å². The van der Waals surface area contributed by atoms with E-state index in [0.717, 1.165) is 25.7 Å². The number of benzene rings is 1. The van der Waals surface area contributed by atoms with E-state index in [1.54, 1.807) is 34.1 Å². The number of urea groups is 1. The molecule has 0 saturated carbocycles. The van der Waals surface area contributed by atoms with Gasteiger partial charge in [0.2, 0.25) is 5.91 Å². The maximum Gasteiger partial charge on any atom is 0.321 e. The Kier molecular flexibility index (Phi) is 6.54. The first kappa shape index (κ1) is 19.5. The molecule has 144 valence electrons. The Labute approximate surface area is 164 Å². The van der Waals surface area contributed by atoms with Gasteiger partial charge in [0, 0.05) is 36.4 Å². The fourth-order valence-electron chi connectivity index (χ4n) is 3.56. The van der Waals surface area contributed by atoms with Crippen molar-refractivity contribution in [2.24, 2.45) is 0 Å². The first-order chi connectivity index (χ1) is 13.1. The summed E-state index contributed by atoms with van der Waals surface area (Å²) in [7, 11) is 0. The summed E-state index contributed by atoms with van der Waals surface area (Å²) >= 11 is 5.85. The fourth-order valence-corrected chi connectivity index (χ4v) is 3.68. The fraction of sp³-hybridized carbons (Fsp3) is 0.526. The Balaban J connectivity index is 1.39. The summed E-state index contributed by atoms with van der Waals surface area (Å²) < 4.78 is 0. The molecule has 7 nitrogen and oxygen atoms in total. The molecule has 1 aromatic carbocycles. The summed E-state index contributed by atoms with van der Waals surface area (Å²) in [6.07, 6.45) is 3.25. The molecule has 2 N–H and O–H groups in total. The predicted octanol–water partition coefficient (Wildman–Crippen LogP) is 2.44. The third kappa shape index (κ3) is 5.12. The summed E-state index contributed by atoms with van der Waals surface area (Å²) in [4.78, 5) is 28.1. The zero-order valence-electron chi connectivity index (χ0n) is 15.2. The van der Waals surface area contributed by atoms with E-state index in [2.05, 4.69) is 16.7 Å². The molecule has 2 aliphatic rings. The second-order valence-corrected chi connectivity index (χ2v) is 7.39. The average molecular weight is 390 g/mol. The van der Waals surface area contributed by atoms with E-state index in [0.29, 0.717) is 30.3 Å². The van der Waals surface area contributed by atoms with Crippen LogP contribution in [0.5, 0.6) is 0 Å². The lowest BCUT2D eigenvalue weighted by Gasteiger charge is -2.32. The van der Waals surface area contributed by atoms with Crippen molar-refractivity contribution < 1.29 is 9.59 Å². The summed E-state index contributed by atoms with van der Waals surface area (Å²) in [5, 5.41) is 15.9. The lowest BCUT2D eigenvalue weighted by atomic mass is 10.1. The molecule has 0 spiro atoms. The van der Waals surface area contributed by atoms with Gasteiger partial charge < -0.3 is 20.4 Å². The molecule has 2 heterocycles. The molecule has 1 atom stereocenters. The van der Waals surface area contributed by atoms with Crippen molar-refractivity contribution in [1.82, 2.24) is 15.1 Å².